The molecule has 0 spiro atoms. The highest BCUT2D eigenvalue weighted by molar-refractivity contribution is 7.14. The number of hydrogen-bond acceptors (Lipinski definition) is 4. The van der Waals surface area contributed by atoms with Crippen LogP contribution in [-0.4, -0.2) is 29.0 Å². The van der Waals surface area contributed by atoms with Crippen molar-refractivity contribution < 1.29 is 4.79 Å². The van der Waals surface area contributed by atoms with Crippen molar-refractivity contribution in [2.24, 2.45) is 0 Å². The zero-order chi connectivity index (χ0) is 16.9. The van der Waals surface area contributed by atoms with Crippen molar-refractivity contribution in [2.45, 2.75) is 26.8 Å². The summed E-state index contributed by atoms with van der Waals surface area (Å²) >= 11 is 1.52. The second-order valence-corrected chi connectivity index (χ2v) is 6.51. The van der Waals surface area contributed by atoms with Gasteiger partial charge in [0, 0.05) is 42.5 Å². The molecule has 5 nitrogen and oxygen atoms in total. The van der Waals surface area contributed by atoms with E-state index in [1.165, 1.54) is 27.8 Å². The van der Waals surface area contributed by atoms with Gasteiger partial charge in [0.2, 0.25) is 5.91 Å². The molecular weight excluding hydrogens is 320 g/mol. The molecule has 126 valence electrons. The Kier molecular flexibility index (Phi) is 5.27. The third kappa shape index (κ3) is 3.66. The fraction of sp³-hybridized carbons (Fsp3) is 0.333. The smallest absolute Gasteiger partial charge is 0.225 e. The number of carbonyl (C=O) groups excluding carboxylic acids is 1. The molecule has 0 radical (unpaired) electrons. The first-order chi connectivity index (χ1) is 11.7. The normalized spacial score (nSPS) is 11.1. The van der Waals surface area contributed by atoms with Gasteiger partial charge in [0.15, 0.2) is 5.13 Å². The fourth-order valence-electron chi connectivity index (χ4n) is 2.77. The summed E-state index contributed by atoms with van der Waals surface area (Å²) in [6, 6.07) is 8.35. The Morgan fingerprint density at radius 2 is 2.21 bits per heavy atom. The van der Waals surface area contributed by atoms with E-state index in [0.717, 1.165) is 23.8 Å². The Morgan fingerprint density at radius 1 is 1.38 bits per heavy atom. The first kappa shape index (κ1) is 16.7. The van der Waals surface area contributed by atoms with Crippen LogP contribution in [0.25, 0.3) is 10.9 Å². The predicted octanol–water partition coefficient (Wildman–Crippen LogP) is 3.33. The van der Waals surface area contributed by atoms with Crippen molar-refractivity contribution >= 4 is 33.3 Å². The number of nitrogens with zero attached hydrogens (tertiary/aromatic N) is 2. The van der Waals surface area contributed by atoms with E-state index in [-0.39, 0.29) is 5.91 Å². The number of rotatable bonds is 7. The average molecular weight is 342 g/mol. The van der Waals surface area contributed by atoms with Crippen LogP contribution in [0.4, 0.5) is 5.13 Å². The van der Waals surface area contributed by atoms with Crippen LogP contribution in [0.5, 0.6) is 0 Å². The summed E-state index contributed by atoms with van der Waals surface area (Å²) in [5, 5.41) is 7.51. The molecule has 6 heteroatoms. The van der Waals surface area contributed by atoms with Gasteiger partial charge in [-0.25, -0.2) is 4.98 Å². The van der Waals surface area contributed by atoms with E-state index in [0.29, 0.717) is 13.1 Å². The number of aromatic nitrogens is 2. The van der Waals surface area contributed by atoms with Crippen molar-refractivity contribution in [2.75, 3.05) is 18.0 Å². The number of aromatic amines is 1. The number of H-pyrrole nitrogens is 1. The van der Waals surface area contributed by atoms with Crippen molar-refractivity contribution in [3.63, 3.8) is 0 Å². The first-order valence-corrected chi connectivity index (χ1v) is 9.05. The molecule has 1 amide bonds. The van der Waals surface area contributed by atoms with Crippen LogP contribution in [0.2, 0.25) is 0 Å². The lowest BCUT2D eigenvalue weighted by atomic mass is 10.1. The molecule has 3 aromatic rings. The van der Waals surface area contributed by atoms with E-state index in [4.69, 9.17) is 0 Å². The van der Waals surface area contributed by atoms with Gasteiger partial charge in [-0.2, -0.15) is 0 Å². The molecule has 0 unspecified atom stereocenters. The SMILES string of the molecule is CCN(C(C)=O)c1nc(CNCCc2c[nH]c3ccccc23)cs1. The molecule has 0 aliphatic heterocycles. The van der Waals surface area contributed by atoms with Gasteiger partial charge in [0.25, 0.3) is 0 Å². The van der Waals surface area contributed by atoms with E-state index in [9.17, 15) is 4.79 Å². The predicted molar refractivity (Wildman–Crippen MR) is 99.5 cm³/mol. The molecule has 0 bridgehead atoms. The minimum absolute atomic E-state index is 0.0331. The zero-order valence-corrected chi connectivity index (χ0v) is 14.8. The van der Waals surface area contributed by atoms with E-state index >= 15 is 0 Å². The molecule has 0 saturated heterocycles. The third-order valence-electron chi connectivity index (χ3n) is 4.02. The quantitative estimate of drug-likeness (QED) is 0.648. The monoisotopic (exact) mass is 342 g/mol. The van der Waals surface area contributed by atoms with Crippen LogP contribution < -0.4 is 10.2 Å². The molecule has 0 atom stereocenters. The van der Waals surface area contributed by atoms with Crippen molar-refractivity contribution in [3.05, 3.63) is 47.1 Å². The number of fused-ring (bicyclic) bond motifs is 1. The molecule has 0 saturated carbocycles. The highest BCUT2D eigenvalue weighted by Gasteiger charge is 2.13. The second kappa shape index (κ2) is 7.59. The van der Waals surface area contributed by atoms with Gasteiger partial charge in [-0.1, -0.05) is 18.2 Å². The Hall–Kier alpha value is -2.18. The van der Waals surface area contributed by atoms with Crippen molar-refractivity contribution in [1.29, 1.82) is 0 Å². The molecule has 2 aromatic heterocycles. The van der Waals surface area contributed by atoms with E-state index < -0.39 is 0 Å². The minimum Gasteiger partial charge on any atom is -0.361 e. The van der Waals surface area contributed by atoms with Gasteiger partial charge in [-0.15, -0.1) is 11.3 Å². The van der Waals surface area contributed by atoms with Crippen molar-refractivity contribution in [1.82, 2.24) is 15.3 Å². The summed E-state index contributed by atoms with van der Waals surface area (Å²) in [5.74, 6) is 0.0331. The summed E-state index contributed by atoms with van der Waals surface area (Å²) in [7, 11) is 0. The van der Waals surface area contributed by atoms with Gasteiger partial charge in [0.1, 0.15) is 0 Å². The number of benzene rings is 1. The van der Waals surface area contributed by atoms with Crippen LogP contribution in [0, 0.1) is 0 Å². The lowest BCUT2D eigenvalue weighted by molar-refractivity contribution is -0.116. The maximum absolute atomic E-state index is 11.6. The number of thiazole rings is 1. The number of hydrogen-bond donors (Lipinski definition) is 2. The van der Waals surface area contributed by atoms with Gasteiger partial charge < -0.3 is 10.3 Å². The number of nitrogens with one attached hydrogen (secondary N) is 2. The van der Waals surface area contributed by atoms with Gasteiger partial charge in [-0.05, 0) is 31.5 Å². The van der Waals surface area contributed by atoms with Crippen LogP contribution in [0.3, 0.4) is 0 Å². The topological polar surface area (TPSA) is 61.0 Å². The summed E-state index contributed by atoms with van der Waals surface area (Å²) < 4.78 is 0. The number of anilines is 1. The average Bonchev–Trinajstić information content (AvgIpc) is 3.19. The molecule has 2 heterocycles. The molecule has 0 aliphatic carbocycles. The lowest BCUT2D eigenvalue weighted by Gasteiger charge is -2.14. The number of carbonyl (C=O) groups is 1. The number of amides is 1. The minimum atomic E-state index is 0.0331. The third-order valence-corrected chi connectivity index (χ3v) is 4.93. The Labute approximate surface area is 145 Å². The van der Waals surface area contributed by atoms with Crippen molar-refractivity contribution in [3.8, 4) is 0 Å². The highest BCUT2D eigenvalue weighted by atomic mass is 32.1. The summed E-state index contributed by atoms with van der Waals surface area (Å²) in [4.78, 5) is 21.1. The molecule has 24 heavy (non-hydrogen) atoms. The molecule has 2 N–H and O–H groups in total. The first-order valence-electron chi connectivity index (χ1n) is 8.17. The van der Waals surface area contributed by atoms with Gasteiger partial charge in [0.05, 0.1) is 5.69 Å². The van der Waals surface area contributed by atoms with Gasteiger partial charge >= 0.3 is 0 Å². The Balaban J connectivity index is 1.52. The van der Waals surface area contributed by atoms with Crippen LogP contribution in [0.1, 0.15) is 25.1 Å². The van der Waals surface area contributed by atoms with E-state index in [2.05, 4.69) is 39.7 Å². The molecule has 0 fully saturated rings. The number of para-hydroxylation sites is 1. The summed E-state index contributed by atoms with van der Waals surface area (Å²) in [5.41, 5.74) is 3.49. The zero-order valence-electron chi connectivity index (χ0n) is 14.0. The molecule has 3 rings (SSSR count). The molecule has 0 aliphatic rings. The summed E-state index contributed by atoms with van der Waals surface area (Å²) in [6.07, 6.45) is 3.05. The Morgan fingerprint density at radius 3 is 3.00 bits per heavy atom. The van der Waals surface area contributed by atoms with Crippen LogP contribution in [-0.2, 0) is 17.8 Å². The summed E-state index contributed by atoms with van der Waals surface area (Å²) in [6.45, 7) is 5.79. The molecule has 1 aromatic carbocycles. The largest absolute Gasteiger partial charge is 0.361 e. The molecular formula is C18H22N4OS. The second-order valence-electron chi connectivity index (χ2n) is 5.67. The Bertz CT molecular complexity index is 823. The van der Waals surface area contributed by atoms with E-state index in [1.54, 1.807) is 11.8 Å². The highest BCUT2D eigenvalue weighted by Crippen LogP contribution is 2.21. The maximum Gasteiger partial charge on any atom is 0.225 e. The fourth-order valence-corrected chi connectivity index (χ4v) is 3.70. The lowest BCUT2D eigenvalue weighted by Crippen LogP contribution is -2.27. The van der Waals surface area contributed by atoms with Crippen LogP contribution >= 0.6 is 11.3 Å². The van der Waals surface area contributed by atoms with Crippen LogP contribution in [0.15, 0.2) is 35.8 Å². The standard InChI is InChI=1S/C18H22N4OS/c1-3-22(13(2)23)18-21-15(12-24-18)11-19-9-8-14-10-20-17-7-5-4-6-16(14)17/h4-7,10,12,19-20H,3,8-9,11H2,1-2H3. The maximum atomic E-state index is 11.6. The van der Waals surface area contributed by atoms with Gasteiger partial charge in [-0.3, -0.25) is 9.69 Å². The van der Waals surface area contributed by atoms with E-state index in [1.807, 2.05) is 18.4 Å².